The first kappa shape index (κ1) is 24.3. The molecule has 2 aromatic heterocycles. The molecule has 33 heavy (non-hydrogen) atoms. The highest BCUT2D eigenvalue weighted by molar-refractivity contribution is 9.11. The highest BCUT2D eigenvalue weighted by Crippen LogP contribution is 2.39. The highest BCUT2D eigenvalue weighted by Gasteiger charge is 2.24. The molecule has 0 amide bonds. The number of aromatic nitrogens is 2. The topological polar surface area (TPSA) is 58.4 Å². The van der Waals surface area contributed by atoms with Gasteiger partial charge in [-0.05, 0) is 106 Å². The fourth-order valence-electron chi connectivity index (χ4n) is 4.87. The van der Waals surface area contributed by atoms with Crippen LogP contribution in [0.15, 0.2) is 33.3 Å². The molecular weight excluding hydrogens is 546 g/mol. The van der Waals surface area contributed by atoms with Crippen molar-refractivity contribution in [2.45, 2.75) is 59.3 Å². The van der Waals surface area contributed by atoms with Gasteiger partial charge < -0.3 is 10.0 Å². The van der Waals surface area contributed by atoms with Crippen LogP contribution in [0.5, 0.6) is 0 Å². The molecule has 3 aromatic rings. The number of carbonyl (C=O) groups is 1. The molecule has 1 aliphatic rings. The third kappa shape index (κ3) is 4.99. The van der Waals surface area contributed by atoms with Crippen molar-refractivity contribution in [3.05, 3.63) is 50.2 Å². The van der Waals surface area contributed by atoms with Crippen LogP contribution in [0.3, 0.4) is 0 Å². The lowest BCUT2D eigenvalue weighted by molar-refractivity contribution is -0.137. The van der Waals surface area contributed by atoms with E-state index in [1.54, 1.807) is 0 Å². The van der Waals surface area contributed by atoms with Gasteiger partial charge in [-0.1, -0.05) is 13.8 Å². The van der Waals surface area contributed by atoms with Gasteiger partial charge in [-0.25, -0.2) is 4.98 Å². The van der Waals surface area contributed by atoms with E-state index in [4.69, 9.17) is 10.1 Å². The Bertz CT molecular complexity index is 1170. The molecule has 0 radical (unpaired) electrons. The number of aryl methyl sites for hydroxylation is 2. The van der Waals surface area contributed by atoms with E-state index in [-0.39, 0.29) is 6.42 Å². The smallest absolute Gasteiger partial charge is 0.303 e. The van der Waals surface area contributed by atoms with Gasteiger partial charge in [-0.15, -0.1) is 0 Å². The maximum atomic E-state index is 10.9. The van der Waals surface area contributed by atoms with E-state index < -0.39 is 5.97 Å². The molecule has 1 saturated heterocycles. The molecule has 4 rings (SSSR count). The van der Waals surface area contributed by atoms with Crippen LogP contribution in [0.2, 0.25) is 0 Å². The van der Waals surface area contributed by atoms with Gasteiger partial charge in [-0.3, -0.25) is 9.36 Å². The number of benzene rings is 1. The fraction of sp³-hybridized carbons (Fsp3) is 0.462. The second kappa shape index (κ2) is 9.79. The predicted octanol–water partition coefficient (Wildman–Crippen LogP) is 7.37. The quantitative estimate of drug-likeness (QED) is 0.333. The highest BCUT2D eigenvalue weighted by atomic mass is 79.9. The SMILES string of the molecule is Cc1cc(N2CCC(CCC(=O)O)CC2)c2c(C)cn(-c3c(Br)cc(C(C)C)cc3Br)c2n1. The van der Waals surface area contributed by atoms with E-state index in [0.717, 1.165) is 58.3 Å². The van der Waals surface area contributed by atoms with E-state index in [2.05, 4.69) is 93.4 Å². The van der Waals surface area contributed by atoms with Crippen molar-refractivity contribution in [1.29, 1.82) is 0 Å². The summed E-state index contributed by atoms with van der Waals surface area (Å²) >= 11 is 7.62. The summed E-state index contributed by atoms with van der Waals surface area (Å²) in [6.07, 6.45) is 5.29. The molecule has 5 nitrogen and oxygen atoms in total. The van der Waals surface area contributed by atoms with E-state index in [1.807, 2.05) is 0 Å². The minimum Gasteiger partial charge on any atom is -0.481 e. The first-order valence-corrected chi connectivity index (χ1v) is 13.2. The number of nitrogens with zero attached hydrogens (tertiary/aromatic N) is 3. The van der Waals surface area contributed by atoms with Crippen LogP contribution < -0.4 is 4.90 Å². The number of carboxylic acids is 1. The Morgan fingerprint density at radius 1 is 1.15 bits per heavy atom. The number of anilines is 1. The van der Waals surface area contributed by atoms with E-state index in [0.29, 0.717) is 11.8 Å². The molecule has 0 aliphatic carbocycles. The zero-order valence-corrected chi connectivity index (χ0v) is 22.8. The minimum absolute atomic E-state index is 0.268. The van der Waals surface area contributed by atoms with Crippen molar-refractivity contribution in [2.24, 2.45) is 5.92 Å². The molecule has 1 aliphatic heterocycles. The maximum absolute atomic E-state index is 10.9. The number of hydrogen-bond acceptors (Lipinski definition) is 3. The number of carboxylic acid groups (broad SMARTS) is 1. The van der Waals surface area contributed by atoms with E-state index >= 15 is 0 Å². The first-order valence-electron chi connectivity index (χ1n) is 11.6. The molecule has 1 fully saturated rings. The second-order valence-electron chi connectivity index (χ2n) is 9.51. The molecule has 176 valence electrons. The van der Waals surface area contributed by atoms with Gasteiger partial charge in [0.15, 0.2) is 0 Å². The summed E-state index contributed by atoms with van der Waals surface area (Å²) in [7, 11) is 0. The molecule has 3 heterocycles. The molecule has 0 bridgehead atoms. The average molecular weight is 577 g/mol. The van der Waals surface area contributed by atoms with E-state index in [1.165, 1.54) is 22.2 Å². The van der Waals surface area contributed by atoms with Crippen LogP contribution in [0.4, 0.5) is 5.69 Å². The third-order valence-corrected chi connectivity index (χ3v) is 7.93. The molecule has 0 spiro atoms. The summed E-state index contributed by atoms with van der Waals surface area (Å²) in [4.78, 5) is 18.4. The van der Waals surface area contributed by atoms with Crippen molar-refractivity contribution in [3.63, 3.8) is 0 Å². The standard InChI is InChI=1S/C26H31Br2N3O2/c1-15(2)19-12-20(27)25(21(28)13-19)31-14-16(3)24-22(11-17(4)29-26(24)31)30-9-7-18(8-10-30)5-6-23(32)33/h11-15,18H,5-10H2,1-4H3,(H,32,33). The van der Waals surface area contributed by atoms with Gasteiger partial charge in [0.2, 0.25) is 0 Å². The second-order valence-corrected chi connectivity index (χ2v) is 11.2. The Labute approximate surface area is 212 Å². The zero-order valence-electron chi connectivity index (χ0n) is 19.7. The molecule has 7 heteroatoms. The Kier molecular flexibility index (Phi) is 7.20. The molecule has 0 saturated carbocycles. The van der Waals surface area contributed by atoms with Crippen molar-refractivity contribution in [2.75, 3.05) is 18.0 Å². The Balaban J connectivity index is 1.73. The Morgan fingerprint density at radius 3 is 2.36 bits per heavy atom. The summed E-state index contributed by atoms with van der Waals surface area (Å²) in [5.74, 6) is 0.243. The van der Waals surface area contributed by atoms with Gasteiger partial charge in [0.05, 0.1) is 5.69 Å². The van der Waals surface area contributed by atoms with Gasteiger partial charge in [-0.2, -0.15) is 0 Å². The lowest BCUT2D eigenvalue weighted by Crippen LogP contribution is -2.34. The van der Waals surface area contributed by atoms with Crippen LogP contribution in [-0.2, 0) is 4.79 Å². The van der Waals surface area contributed by atoms with Gasteiger partial charge in [0.1, 0.15) is 5.65 Å². The van der Waals surface area contributed by atoms with E-state index in [9.17, 15) is 4.79 Å². The Hall–Kier alpha value is -1.86. The average Bonchev–Trinajstić information content (AvgIpc) is 3.07. The molecule has 0 unspecified atom stereocenters. The van der Waals surface area contributed by atoms with Crippen LogP contribution in [0.1, 0.15) is 62.3 Å². The summed E-state index contributed by atoms with van der Waals surface area (Å²) in [5.41, 5.74) is 6.74. The van der Waals surface area contributed by atoms with Crippen molar-refractivity contribution >= 4 is 54.5 Å². The molecular formula is C26H31Br2N3O2. The molecule has 1 N–H and O–H groups in total. The summed E-state index contributed by atoms with van der Waals surface area (Å²) in [5, 5.41) is 10.2. The lowest BCUT2D eigenvalue weighted by atomic mass is 9.91. The number of fused-ring (bicyclic) bond motifs is 1. The first-order chi connectivity index (χ1) is 15.7. The summed E-state index contributed by atoms with van der Waals surface area (Å²) in [6.45, 7) is 10.5. The van der Waals surface area contributed by atoms with Crippen LogP contribution in [0.25, 0.3) is 16.7 Å². The third-order valence-electron chi connectivity index (χ3n) is 6.72. The molecule has 1 aromatic carbocycles. The number of rotatable bonds is 6. The summed E-state index contributed by atoms with van der Waals surface area (Å²) < 4.78 is 4.28. The van der Waals surface area contributed by atoms with Crippen molar-refractivity contribution < 1.29 is 9.90 Å². The number of piperidine rings is 1. The fourth-order valence-corrected chi connectivity index (χ4v) is 6.47. The van der Waals surface area contributed by atoms with Gasteiger partial charge >= 0.3 is 5.97 Å². The summed E-state index contributed by atoms with van der Waals surface area (Å²) in [6, 6.07) is 6.60. The predicted molar refractivity (Wildman–Crippen MR) is 142 cm³/mol. The monoisotopic (exact) mass is 575 g/mol. The largest absolute Gasteiger partial charge is 0.481 e. The molecule has 0 atom stereocenters. The number of aliphatic carboxylic acids is 1. The number of pyridine rings is 1. The lowest BCUT2D eigenvalue weighted by Gasteiger charge is -2.34. The van der Waals surface area contributed by atoms with Crippen molar-refractivity contribution in [3.8, 4) is 5.69 Å². The van der Waals surface area contributed by atoms with Crippen molar-refractivity contribution in [1.82, 2.24) is 9.55 Å². The van der Waals surface area contributed by atoms with Crippen LogP contribution >= 0.6 is 31.9 Å². The van der Waals surface area contributed by atoms with Crippen LogP contribution in [0, 0.1) is 19.8 Å². The number of halogens is 2. The minimum atomic E-state index is -0.695. The Morgan fingerprint density at radius 2 is 1.79 bits per heavy atom. The van der Waals surface area contributed by atoms with Crippen LogP contribution in [-0.4, -0.2) is 33.7 Å². The normalized spacial score (nSPS) is 15.1. The zero-order chi connectivity index (χ0) is 23.9. The van der Waals surface area contributed by atoms with Gasteiger partial charge in [0, 0.05) is 51.4 Å². The number of hydrogen-bond donors (Lipinski definition) is 1. The van der Waals surface area contributed by atoms with Gasteiger partial charge in [0.25, 0.3) is 0 Å². The maximum Gasteiger partial charge on any atom is 0.303 e.